The number of anilines is 1. The van der Waals surface area contributed by atoms with Crippen molar-refractivity contribution in [3.8, 4) is 0 Å². The van der Waals surface area contributed by atoms with Crippen molar-refractivity contribution in [2.45, 2.75) is 10.2 Å². The molecule has 82 valence electrons. The predicted molar refractivity (Wildman–Crippen MR) is 60.4 cm³/mol. The van der Waals surface area contributed by atoms with Gasteiger partial charge in [0.15, 0.2) is 10.3 Å². The quantitative estimate of drug-likeness (QED) is 0.612. The van der Waals surface area contributed by atoms with Crippen molar-refractivity contribution in [1.29, 1.82) is 0 Å². The maximum Gasteiger partial charge on any atom is 0.251 e. The first kappa shape index (κ1) is 10.9. The first-order chi connectivity index (χ1) is 7.66. The van der Waals surface area contributed by atoms with Crippen molar-refractivity contribution in [3.05, 3.63) is 34.1 Å². The van der Waals surface area contributed by atoms with Gasteiger partial charge >= 0.3 is 0 Å². The van der Waals surface area contributed by atoms with Gasteiger partial charge in [0.25, 0.3) is 5.56 Å². The zero-order valence-corrected chi connectivity index (χ0v) is 9.42. The summed E-state index contributed by atoms with van der Waals surface area (Å²) in [5, 5.41) is 1.03. The fourth-order valence-corrected chi connectivity index (χ4v) is 1.88. The third kappa shape index (κ3) is 2.31. The molecular formula is C8H6ClN5OS. The Labute approximate surface area is 99.3 Å². The van der Waals surface area contributed by atoms with Crippen molar-refractivity contribution < 1.29 is 0 Å². The molecule has 0 aliphatic rings. The Balaban J connectivity index is 2.34. The van der Waals surface area contributed by atoms with Crippen molar-refractivity contribution in [1.82, 2.24) is 19.9 Å². The zero-order valence-electron chi connectivity index (χ0n) is 7.85. The van der Waals surface area contributed by atoms with Crippen LogP contribution in [-0.4, -0.2) is 19.9 Å². The summed E-state index contributed by atoms with van der Waals surface area (Å²) < 4.78 is 0. The zero-order chi connectivity index (χ0) is 11.5. The SMILES string of the molecule is Nc1c(Cl)ncnc1Sc1nccc(=O)[nH]1. The summed E-state index contributed by atoms with van der Waals surface area (Å²) in [6, 6.07) is 1.32. The number of aromatic nitrogens is 4. The van der Waals surface area contributed by atoms with E-state index in [0.717, 1.165) is 11.8 Å². The summed E-state index contributed by atoms with van der Waals surface area (Å²) in [6.45, 7) is 0. The summed E-state index contributed by atoms with van der Waals surface area (Å²) in [5.41, 5.74) is 5.70. The molecule has 2 aromatic rings. The summed E-state index contributed by atoms with van der Waals surface area (Å²) in [6.07, 6.45) is 2.70. The molecule has 3 N–H and O–H groups in total. The lowest BCUT2D eigenvalue weighted by Crippen LogP contribution is -2.05. The van der Waals surface area contributed by atoms with Gasteiger partial charge < -0.3 is 10.7 Å². The summed E-state index contributed by atoms with van der Waals surface area (Å²) >= 11 is 6.84. The lowest BCUT2D eigenvalue weighted by atomic mass is 10.6. The molecule has 0 atom stereocenters. The van der Waals surface area contributed by atoms with E-state index >= 15 is 0 Å². The van der Waals surface area contributed by atoms with Crippen LogP contribution in [0, 0.1) is 0 Å². The van der Waals surface area contributed by atoms with E-state index in [-0.39, 0.29) is 16.4 Å². The van der Waals surface area contributed by atoms with E-state index in [1.807, 2.05) is 0 Å². The fraction of sp³-hybridized carbons (Fsp3) is 0. The van der Waals surface area contributed by atoms with Gasteiger partial charge in [0, 0.05) is 12.3 Å². The van der Waals surface area contributed by atoms with E-state index in [1.54, 1.807) is 0 Å². The highest BCUT2D eigenvalue weighted by Gasteiger charge is 2.08. The second kappa shape index (κ2) is 4.50. The molecule has 0 radical (unpaired) electrons. The molecule has 6 nitrogen and oxygen atoms in total. The topological polar surface area (TPSA) is 97.5 Å². The Morgan fingerprint density at radius 1 is 1.38 bits per heavy atom. The van der Waals surface area contributed by atoms with Crippen molar-refractivity contribution in [2.24, 2.45) is 0 Å². The molecule has 0 aliphatic carbocycles. The number of nitrogen functional groups attached to an aromatic ring is 1. The molecule has 0 saturated heterocycles. The number of aromatic amines is 1. The smallest absolute Gasteiger partial charge is 0.251 e. The van der Waals surface area contributed by atoms with Gasteiger partial charge in [-0.2, -0.15) is 0 Å². The number of nitrogens with one attached hydrogen (secondary N) is 1. The molecule has 0 aromatic carbocycles. The first-order valence-corrected chi connectivity index (χ1v) is 5.35. The lowest BCUT2D eigenvalue weighted by Gasteiger charge is -2.03. The van der Waals surface area contributed by atoms with E-state index in [2.05, 4.69) is 19.9 Å². The fourth-order valence-electron chi connectivity index (χ4n) is 0.936. The van der Waals surface area contributed by atoms with Crippen LogP contribution in [0.5, 0.6) is 0 Å². The van der Waals surface area contributed by atoms with Crippen LogP contribution < -0.4 is 11.3 Å². The highest BCUT2D eigenvalue weighted by molar-refractivity contribution is 7.99. The van der Waals surface area contributed by atoms with Crippen molar-refractivity contribution in [3.63, 3.8) is 0 Å². The van der Waals surface area contributed by atoms with Gasteiger partial charge in [-0.3, -0.25) is 4.79 Å². The van der Waals surface area contributed by atoms with Crippen LogP contribution in [0.25, 0.3) is 0 Å². The van der Waals surface area contributed by atoms with Gasteiger partial charge in [-0.15, -0.1) is 0 Å². The van der Waals surface area contributed by atoms with Crippen LogP contribution in [0.4, 0.5) is 5.69 Å². The predicted octanol–water partition coefficient (Wildman–Crippen LogP) is 0.947. The molecule has 0 aliphatic heterocycles. The number of nitrogens with zero attached hydrogens (tertiary/aromatic N) is 3. The van der Waals surface area contributed by atoms with Crippen LogP contribution in [-0.2, 0) is 0 Å². The lowest BCUT2D eigenvalue weighted by molar-refractivity contribution is 0.930. The van der Waals surface area contributed by atoms with E-state index in [9.17, 15) is 4.79 Å². The summed E-state index contributed by atoms with van der Waals surface area (Å²) in [4.78, 5) is 25.2. The highest BCUT2D eigenvalue weighted by atomic mass is 35.5. The Kier molecular flexibility index (Phi) is 3.07. The Morgan fingerprint density at radius 3 is 2.94 bits per heavy atom. The molecule has 0 unspecified atom stereocenters. The normalized spacial score (nSPS) is 10.3. The highest BCUT2D eigenvalue weighted by Crippen LogP contribution is 2.29. The van der Waals surface area contributed by atoms with Crippen LogP contribution in [0.1, 0.15) is 0 Å². The summed E-state index contributed by atoms with van der Waals surface area (Å²) in [7, 11) is 0. The van der Waals surface area contributed by atoms with Gasteiger partial charge in [0.2, 0.25) is 0 Å². The molecular weight excluding hydrogens is 250 g/mol. The molecule has 0 saturated carbocycles. The van der Waals surface area contributed by atoms with E-state index in [0.29, 0.717) is 10.2 Å². The Bertz CT molecular complexity index is 572. The Hall–Kier alpha value is -1.60. The second-order valence-corrected chi connectivity index (χ2v) is 4.06. The maximum atomic E-state index is 11.0. The number of rotatable bonds is 2. The molecule has 0 fully saturated rings. The number of H-pyrrole nitrogens is 1. The molecule has 0 spiro atoms. The van der Waals surface area contributed by atoms with E-state index < -0.39 is 0 Å². The van der Waals surface area contributed by atoms with E-state index in [4.69, 9.17) is 17.3 Å². The van der Waals surface area contributed by atoms with Crippen molar-refractivity contribution in [2.75, 3.05) is 5.73 Å². The number of hydrogen-bond acceptors (Lipinski definition) is 6. The van der Waals surface area contributed by atoms with Crippen LogP contribution in [0.2, 0.25) is 5.15 Å². The van der Waals surface area contributed by atoms with Gasteiger partial charge in [0.1, 0.15) is 17.0 Å². The Morgan fingerprint density at radius 2 is 2.19 bits per heavy atom. The minimum atomic E-state index is -0.240. The summed E-state index contributed by atoms with van der Waals surface area (Å²) in [5.74, 6) is 0. The van der Waals surface area contributed by atoms with Crippen molar-refractivity contribution >= 4 is 29.1 Å². The van der Waals surface area contributed by atoms with E-state index in [1.165, 1.54) is 18.6 Å². The second-order valence-electron chi connectivity index (χ2n) is 2.72. The molecule has 2 aromatic heterocycles. The number of halogens is 1. The third-order valence-corrected chi connectivity index (χ3v) is 2.86. The average molecular weight is 256 g/mol. The van der Waals surface area contributed by atoms with Gasteiger partial charge in [0.05, 0.1) is 0 Å². The number of hydrogen-bond donors (Lipinski definition) is 2. The largest absolute Gasteiger partial charge is 0.394 e. The standard InChI is InChI=1S/C8H6ClN5OS/c9-6-5(10)7(13-3-12-6)16-8-11-2-1-4(15)14-8/h1-3H,10H2,(H,11,14,15). The van der Waals surface area contributed by atoms with Crippen LogP contribution >= 0.6 is 23.4 Å². The van der Waals surface area contributed by atoms with Crippen LogP contribution in [0.15, 0.2) is 33.6 Å². The molecule has 0 amide bonds. The average Bonchev–Trinajstić information content (AvgIpc) is 2.25. The molecule has 16 heavy (non-hydrogen) atoms. The van der Waals surface area contributed by atoms with Gasteiger partial charge in [-0.05, 0) is 11.8 Å². The van der Waals surface area contributed by atoms with Gasteiger partial charge in [-0.25, -0.2) is 15.0 Å². The maximum absolute atomic E-state index is 11.0. The number of nitrogens with two attached hydrogens (primary N) is 1. The third-order valence-electron chi connectivity index (χ3n) is 1.64. The molecule has 2 heterocycles. The first-order valence-electron chi connectivity index (χ1n) is 4.16. The monoisotopic (exact) mass is 255 g/mol. The van der Waals surface area contributed by atoms with Gasteiger partial charge in [-0.1, -0.05) is 11.6 Å². The molecule has 8 heteroatoms. The minimum absolute atomic E-state index is 0.177. The minimum Gasteiger partial charge on any atom is -0.394 e. The van der Waals surface area contributed by atoms with Crippen LogP contribution in [0.3, 0.4) is 0 Å². The molecule has 0 bridgehead atoms. The molecule has 2 rings (SSSR count).